The molecule has 0 N–H and O–H groups in total. The molecule has 160 valence electrons. The number of esters is 1. The molecular weight excluding hydrogens is 443 g/mol. The third-order valence-corrected chi connectivity index (χ3v) is 5.92. The second kappa shape index (κ2) is 8.19. The Morgan fingerprint density at radius 2 is 1.97 bits per heavy atom. The predicted octanol–water partition coefficient (Wildman–Crippen LogP) is 3.66. The van der Waals surface area contributed by atoms with E-state index in [1.165, 1.54) is 18.2 Å². The van der Waals surface area contributed by atoms with Gasteiger partial charge < -0.3 is 4.74 Å². The first-order chi connectivity index (χ1) is 14.0. The van der Waals surface area contributed by atoms with Crippen LogP contribution in [0, 0.1) is 0 Å². The molecule has 30 heavy (non-hydrogen) atoms. The van der Waals surface area contributed by atoms with Crippen LogP contribution in [0.15, 0.2) is 41.3 Å². The maximum absolute atomic E-state index is 13.1. The quantitative estimate of drug-likeness (QED) is 0.523. The minimum atomic E-state index is -4.70. The predicted molar refractivity (Wildman–Crippen MR) is 104 cm³/mol. The minimum absolute atomic E-state index is 0.00264. The van der Waals surface area contributed by atoms with Gasteiger partial charge >= 0.3 is 12.1 Å². The smallest absolute Gasteiger partial charge is 0.435 e. The number of alkyl halides is 3. The molecule has 3 rings (SSSR count). The zero-order chi connectivity index (χ0) is 22.1. The van der Waals surface area contributed by atoms with Crippen LogP contribution in [0.4, 0.5) is 13.2 Å². The van der Waals surface area contributed by atoms with E-state index in [1.807, 2.05) is 0 Å². The normalized spacial score (nSPS) is 12.2. The number of carbonyl (C=O) groups is 1. The highest BCUT2D eigenvalue weighted by Crippen LogP contribution is 2.34. The van der Waals surface area contributed by atoms with Gasteiger partial charge in [-0.05, 0) is 48.3 Å². The molecule has 12 heteroatoms. The maximum Gasteiger partial charge on any atom is 0.435 e. The summed E-state index contributed by atoms with van der Waals surface area (Å²) in [5, 5.41) is 3.48. The molecule has 0 amide bonds. The molecular formula is C18H16F3N3O4S2. The van der Waals surface area contributed by atoms with Gasteiger partial charge in [-0.15, -0.1) is 0 Å². The van der Waals surface area contributed by atoms with Crippen molar-refractivity contribution in [3.05, 3.63) is 42.1 Å². The maximum atomic E-state index is 13.1. The Labute approximate surface area is 174 Å². The highest BCUT2D eigenvalue weighted by atomic mass is 32.2. The van der Waals surface area contributed by atoms with Gasteiger partial charge in [0.1, 0.15) is 12.2 Å². The van der Waals surface area contributed by atoms with Crippen LogP contribution in [-0.2, 0) is 32.1 Å². The number of halogens is 3. The SMILES string of the molecule is CCOC(=O)Cn1nc(C(F)(F)F)cc1-c1cc(-c2cccc(S(C)(=O)=O)c2)sn1. The first-order valence-electron chi connectivity index (χ1n) is 8.57. The Balaban J connectivity index is 2.02. The second-order valence-corrected chi connectivity index (χ2v) is 9.07. The molecule has 2 heterocycles. The standard InChI is InChI=1S/C18H16F3N3O4S2/c1-3-28-17(25)10-24-14(9-16(22-24)18(19,20)21)13-8-15(29-23-13)11-5-4-6-12(7-11)30(2,26)27/h4-9H,3,10H2,1-2H3. The van der Waals surface area contributed by atoms with Crippen molar-refractivity contribution in [2.24, 2.45) is 0 Å². The third-order valence-electron chi connectivity index (χ3n) is 3.97. The highest BCUT2D eigenvalue weighted by Gasteiger charge is 2.35. The molecule has 2 aromatic heterocycles. The van der Waals surface area contributed by atoms with Crippen LogP contribution in [0.5, 0.6) is 0 Å². The van der Waals surface area contributed by atoms with Gasteiger partial charge in [0.2, 0.25) is 0 Å². The summed E-state index contributed by atoms with van der Waals surface area (Å²) >= 11 is 0.988. The molecule has 0 saturated carbocycles. The lowest BCUT2D eigenvalue weighted by molar-refractivity contribution is -0.146. The molecule has 7 nitrogen and oxygen atoms in total. The lowest BCUT2D eigenvalue weighted by Crippen LogP contribution is -2.16. The van der Waals surface area contributed by atoms with Crippen molar-refractivity contribution in [3.8, 4) is 21.8 Å². The van der Waals surface area contributed by atoms with Crippen molar-refractivity contribution in [2.75, 3.05) is 12.9 Å². The van der Waals surface area contributed by atoms with Gasteiger partial charge in [0, 0.05) is 6.26 Å². The first-order valence-corrected chi connectivity index (χ1v) is 11.2. The van der Waals surface area contributed by atoms with Crippen LogP contribution < -0.4 is 0 Å². The Morgan fingerprint density at radius 3 is 2.60 bits per heavy atom. The van der Waals surface area contributed by atoms with E-state index in [0.29, 0.717) is 10.4 Å². The van der Waals surface area contributed by atoms with Crippen molar-refractivity contribution in [3.63, 3.8) is 0 Å². The van der Waals surface area contributed by atoms with Gasteiger partial charge in [0.15, 0.2) is 15.5 Å². The van der Waals surface area contributed by atoms with Gasteiger partial charge in [-0.2, -0.15) is 22.6 Å². The largest absolute Gasteiger partial charge is 0.465 e. The summed E-state index contributed by atoms with van der Waals surface area (Å²) < 4.78 is 72.8. The highest BCUT2D eigenvalue weighted by molar-refractivity contribution is 7.90. The topological polar surface area (TPSA) is 91.2 Å². The molecule has 0 spiro atoms. The summed E-state index contributed by atoms with van der Waals surface area (Å²) in [5.74, 6) is -0.730. The van der Waals surface area contributed by atoms with Crippen molar-refractivity contribution >= 4 is 27.3 Å². The van der Waals surface area contributed by atoms with E-state index in [1.54, 1.807) is 19.1 Å². The molecule has 0 atom stereocenters. The van der Waals surface area contributed by atoms with Crippen LogP contribution in [0.25, 0.3) is 21.8 Å². The minimum Gasteiger partial charge on any atom is -0.465 e. The number of sulfone groups is 1. The Bertz CT molecular complexity index is 1180. The lowest BCUT2D eigenvalue weighted by atomic mass is 10.1. The summed E-state index contributed by atoms with van der Waals surface area (Å²) in [5.41, 5.74) is -0.436. The fraction of sp³-hybridized carbons (Fsp3) is 0.278. The molecule has 0 unspecified atom stereocenters. The molecule has 0 bridgehead atoms. The molecule has 0 radical (unpaired) electrons. The van der Waals surface area contributed by atoms with Crippen LogP contribution in [-0.4, -0.2) is 41.4 Å². The van der Waals surface area contributed by atoms with E-state index in [9.17, 15) is 26.4 Å². The van der Waals surface area contributed by atoms with E-state index in [2.05, 4.69) is 9.47 Å². The number of ether oxygens (including phenoxy) is 1. The first kappa shape index (κ1) is 22.0. The molecule has 3 aromatic rings. The molecule has 0 aliphatic carbocycles. The summed E-state index contributed by atoms with van der Waals surface area (Å²) in [6, 6.07) is 8.48. The Hall–Kier alpha value is -2.73. The number of nitrogens with zero attached hydrogens (tertiary/aromatic N) is 3. The van der Waals surface area contributed by atoms with E-state index >= 15 is 0 Å². The zero-order valence-corrected chi connectivity index (χ0v) is 17.4. The number of benzene rings is 1. The number of hydrogen-bond acceptors (Lipinski definition) is 7. The van der Waals surface area contributed by atoms with Crippen LogP contribution >= 0.6 is 11.5 Å². The van der Waals surface area contributed by atoms with E-state index < -0.39 is 34.2 Å². The number of hydrogen-bond donors (Lipinski definition) is 0. The van der Waals surface area contributed by atoms with Crippen molar-refractivity contribution < 1.29 is 31.1 Å². The number of carbonyl (C=O) groups excluding carboxylic acids is 1. The van der Waals surface area contributed by atoms with Gasteiger partial charge in [-0.25, -0.2) is 8.42 Å². The van der Waals surface area contributed by atoms with Crippen molar-refractivity contribution in [2.45, 2.75) is 24.5 Å². The Kier molecular flexibility index (Phi) is 5.99. The summed E-state index contributed by atoms with van der Waals surface area (Å²) in [7, 11) is -3.42. The lowest BCUT2D eigenvalue weighted by Gasteiger charge is -2.05. The third kappa shape index (κ3) is 4.87. The summed E-state index contributed by atoms with van der Waals surface area (Å²) in [6.45, 7) is 1.16. The number of rotatable bonds is 6. The average Bonchev–Trinajstić information content (AvgIpc) is 3.28. The van der Waals surface area contributed by atoms with Crippen LogP contribution in [0.2, 0.25) is 0 Å². The van der Waals surface area contributed by atoms with Crippen molar-refractivity contribution in [1.29, 1.82) is 0 Å². The molecule has 0 saturated heterocycles. The van der Waals surface area contributed by atoms with Crippen LogP contribution in [0.1, 0.15) is 12.6 Å². The number of aromatic nitrogens is 3. The summed E-state index contributed by atoms with van der Waals surface area (Å²) in [6.07, 6.45) is -3.62. The molecule has 0 aliphatic rings. The van der Waals surface area contributed by atoms with E-state index in [0.717, 1.165) is 28.5 Å². The fourth-order valence-corrected chi connectivity index (χ4v) is 4.03. The van der Waals surface area contributed by atoms with Crippen molar-refractivity contribution in [1.82, 2.24) is 14.2 Å². The van der Waals surface area contributed by atoms with Gasteiger partial charge in [0.25, 0.3) is 0 Å². The van der Waals surface area contributed by atoms with Gasteiger partial charge in [-0.3, -0.25) is 9.48 Å². The average molecular weight is 459 g/mol. The molecule has 0 fully saturated rings. The Morgan fingerprint density at radius 1 is 1.23 bits per heavy atom. The summed E-state index contributed by atoms with van der Waals surface area (Å²) in [4.78, 5) is 12.4. The molecule has 1 aromatic carbocycles. The van der Waals surface area contributed by atoms with Gasteiger partial charge in [0.05, 0.1) is 22.1 Å². The van der Waals surface area contributed by atoms with Gasteiger partial charge in [-0.1, -0.05) is 12.1 Å². The van der Waals surface area contributed by atoms with E-state index in [-0.39, 0.29) is 22.9 Å². The monoisotopic (exact) mass is 459 g/mol. The van der Waals surface area contributed by atoms with Crippen LogP contribution in [0.3, 0.4) is 0 Å². The molecule has 0 aliphatic heterocycles. The zero-order valence-electron chi connectivity index (χ0n) is 15.8. The second-order valence-electron chi connectivity index (χ2n) is 6.25. The fourth-order valence-electron chi connectivity index (χ4n) is 2.62. The van der Waals surface area contributed by atoms with E-state index in [4.69, 9.17) is 4.74 Å².